The summed E-state index contributed by atoms with van der Waals surface area (Å²) in [4.78, 5) is 12.4. The molecule has 3 heteroatoms. The lowest BCUT2D eigenvalue weighted by atomic mass is 10.0. The first-order valence-corrected chi connectivity index (χ1v) is 7.53. The molecule has 1 atom stereocenters. The van der Waals surface area contributed by atoms with Crippen LogP contribution in [-0.2, 0) is 0 Å². The lowest BCUT2D eigenvalue weighted by Gasteiger charge is -2.18. The van der Waals surface area contributed by atoms with Crippen molar-refractivity contribution in [3.8, 4) is 0 Å². The molecule has 0 radical (unpaired) electrons. The van der Waals surface area contributed by atoms with Crippen molar-refractivity contribution in [3.05, 3.63) is 69.7 Å². The molecule has 2 aromatic rings. The summed E-state index contributed by atoms with van der Waals surface area (Å²) in [6, 6.07) is 15.8. The third-order valence-electron chi connectivity index (χ3n) is 3.43. The Balaban J connectivity index is 2.20. The summed E-state index contributed by atoms with van der Waals surface area (Å²) >= 11 is 3.46. The molecule has 0 spiro atoms. The maximum absolute atomic E-state index is 12.4. The highest BCUT2D eigenvalue weighted by Gasteiger charge is 2.16. The molecule has 1 amide bonds. The van der Waals surface area contributed by atoms with Crippen LogP contribution < -0.4 is 5.32 Å². The van der Waals surface area contributed by atoms with Gasteiger partial charge in [-0.05, 0) is 36.6 Å². The Hall–Kier alpha value is -1.61. The van der Waals surface area contributed by atoms with Gasteiger partial charge < -0.3 is 5.32 Å². The number of amides is 1. The van der Waals surface area contributed by atoms with Crippen molar-refractivity contribution in [2.45, 2.75) is 26.3 Å². The van der Waals surface area contributed by atoms with E-state index >= 15 is 0 Å². The second-order valence-electron chi connectivity index (χ2n) is 4.76. The third kappa shape index (κ3) is 3.28. The van der Waals surface area contributed by atoms with Gasteiger partial charge in [-0.25, -0.2) is 0 Å². The van der Waals surface area contributed by atoms with Crippen LogP contribution in [0, 0.1) is 6.92 Å². The van der Waals surface area contributed by atoms with Gasteiger partial charge in [-0.3, -0.25) is 4.79 Å². The van der Waals surface area contributed by atoms with E-state index in [1.165, 1.54) is 0 Å². The minimum Gasteiger partial charge on any atom is -0.345 e. The van der Waals surface area contributed by atoms with Crippen molar-refractivity contribution < 1.29 is 4.79 Å². The summed E-state index contributed by atoms with van der Waals surface area (Å²) in [5, 5.41) is 3.11. The quantitative estimate of drug-likeness (QED) is 0.868. The van der Waals surface area contributed by atoms with Gasteiger partial charge in [0.05, 0.1) is 6.04 Å². The lowest BCUT2D eigenvalue weighted by Crippen LogP contribution is -2.28. The van der Waals surface area contributed by atoms with E-state index in [2.05, 4.69) is 28.2 Å². The highest BCUT2D eigenvalue weighted by molar-refractivity contribution is 9.10. The molecule has 0 heterocycles. The molecule has 0 aliphatic rings. The zero-order valence-corrected chi connectivity index (χ0v) is 13.3. The molecule has 1 unspecified atom stereocenters. The molecule has 0 aliphatic carbocycles. The Morgan fingerprint density at radius 2 is 1.85 bits per heavy atom. The highest BCUT2D eigenvalue weighted by atomic mass is 79.9. The van der Waals surface area contributed by atoms with E-state index in [1.54, 1.807) is 0 Å². The molecule has 2 rings (SSSR count). The van der Waals surface area contributed by atoms with E-state index in [-0.39, 0.29) is 11.9 Å². The maximum Gasteiger partial charge on any atom is 0.252 e. The molecule has 104 valence electrons. The topological polar surface area (TPSA) is 29.1 Å². The summed E-state index contributed by atoms with van der Waals surface area (Å²) in [7, 11) is 0. The molecule has 20 heavy (non-hydrogen) atoms. The third-order valence-corrected chi connectivity index (χ3v) is 4.29. The van der Waals surface area contributed by atoms with Crippen LogP contribution in [0.15, 0.2) is 53.0 Å². The van der Waals surface area contributed by atoms with E-state index in [0.717, 1.165) is 22.0 Å². The first-order chi connectivity index (χ1) is 9.63. The van der Waals surface area contributed by atoms with E-state index in [0.29, 0.717) is 5.56 Å². The van der Waals surface area contributed by atoms with Crippen LogP contribution in [0.3, 0.4) is 0 Å². The Bertz CT molecular complexity index is 595. The zero-order chi connectivity index (χ0) is 14.5. The molecule has 0 fully saturated rings. The number of benzene rings is 2. The largest absolute Gasteiger partial charge is 0.345 e. The van der Waals surface area contributed by atoms with Crippen molar-refractivity contribution in [2.75, 3.05) is 0 Å². The van der Waals surface area contributed by atoms with E-state index < -0.39 is 0 Å². The van der Waals surface area contributed by atoms with Gasteiger partial charge in [0.1, 0.15) is 0 Å². The highest BCUT2D eigenvalue weighted by Crippen LogP contribution is 2.21. The lowest BCUT2D eigenvalue weighted by molar-refractivity contribution is 0.0935. The number of nitrogens with one attached hydrogen (secondary N) is 1. The molecule has 0 aromatic heterocycles. The fraction of sp³-hybridized carbons (Fsp3) is 0.235. The molecule has 2 nitrogen and oxygen atoms in total. The Kier molecular flexibility index (Phi) is 4.96. The average molecular weight is 332 g/mol. The number of carbonyl (C=O) groups excluding carboxylic acids is 1. The van der Waals surface area contributed by atoms with Crippen LogP contribution in [-0.4, -0.2) is 5.91 Å². The van der Waals surface area contributed by atoms with E-state index in [9.17, 15) is 4.79 Å². The molecule has 2 aromatic carbocycles. The second-order valence-corrected chi connectivity index (χ2v) is 5.61. The second kappa shape index (κ2) is 6.71. The van der Waals surface area contributed by atoms with Gasteiger partial charge in [-0.2, -0.15) is 0 Å². The number of carbonyl (C=O) groups is 1. The molecular weight excluding hydrogens is 314 g/mol. The average Bonchev–Trinajstić information content (AvgIpc) is 2.48. The molecule has 1 N–H and O–H groups in total. The fourth-order valence-electron chi connectivity index (χ4n) is 2.20. The SMILES string of the molecule is CCC(NC(=O)c1cccc(Br)c1C)c1ccccc1. The molecule has 0 saturated heterocycles. The minimum absolute atomic E-state index is 0.0282. The standard InChI is InChI=1S/C17H18BrNO/c1-3-16(13-8-5-4-6-9-13)19-17(20)14-10-7-11-15(18)12(14)2/h4-11,16H,3H2,1-2H3,(H,19,20). The van der Waals surface area contributed by atoms with Gasteiger partial charge in [0, 0.05) is 10.0 Å². The monoisotopic (exact) mass is 331 g/mol. The van der Waals surface area contributed by atoms with Crippen LogP contribution >= 0.6 is 15.9 Å². The van der Waals surface area contributed by atoms with Crippen molar-refractivity contribution in [3.63, 3.8) is 0 Å². The smallest absolute Gasteiger partial charge is 0.252 e. The van der Waals surface area contributed by atoms with Gasteiger partial charge in [0.15, 0.2) is 0 Å². The first kappa shape index (κ1) is 14.8. The van der Waals surface area contributed by atoms with Crippen LogP contribution in [0.4, 0.5) is 0 Å². The van der Waals surface area contributed by atoms with Crippen molar-refractivity contribution in [1.82, 2.24) is 5.32 Å². The van der Waals surface area contributed by atoms with Crippen molar-refractivity contribution in [2.24, 2.45) is 0 Å². The molecular formula is C17H18BrNO. The van der Waals surface area contributed by atoms with E-state index in [4.69, 9.17) is 0 Å². The Morgan fingerprint density at radius 3 is 2.50 bits per heavy atom. The summed E-state index contributed by atoms with van der Waals surface area (Å²) < 4.78 is 0.956. The van der Waals surface area contributed by atoms with Gasteiger partial charge in [-0.1, -0.05) is 59.3 Å². The number of rotatable bonds is 4. The van der Waals surface area contributed by atoms with Crippen LogP contribution in [0.5, 0.6) is 0 Å². The summed E-state index contributed by atoms with van der Waals surface area (Å²) in [5.74, 6) is -0.0282. The predicted octanol–water partition coefficient (Wildman–Crippen LogP) is 4.64. The first-order valence-electron chi connectivity index (χ1n) is 6.74. The summed E-state index contributed by atoms with van der Waals surface area (Å²) in [5.41, 5.74) is 2.82. The molecule has 0 aliphatic heterocycles. The van der Waals surface area contributed by atoms with Crippen LogP contribution in [0.1, 0.15) is 40.9 Å². The molecule has 0 saturated carbocycles. The minimum atomic E-state index is -0.0282. The fourth-order valence-corrected chi connectivity index (χ4v) is 2.56. The number of halogens is 1. The van der Waals surface area contributed by atoms with Gasteiger partial charge in [0.25, 0.3) is 5.91 Å². The summed E-state index contributed by atoms with van der Waals surface area (Å²) in [6.45, 7) is 4.02. The zero-order valence-electron chi connectivity index (χ0n) is 11.7. The maximum atomic E-state index is 12.4. The predicted molar refractivity (Wildman–Crippen MR) is 85.8 cm³/mol. The van der Waals surface area contributed by atoms with Crippen molar-refractivity contribution >= 4 is 21.8 Å². The number of hydrogen-bond donors (Lipinski definition) is 1. The normalized spacial score (nSPS) is 11.9. The van der Waals surface area contributed by atoms with E-state index in [1.807, 2.05) is 55.5 Å². The van der Waals surface area contributed by atoms with Gasteiger partial charge >= 0.3 is 0 Å². The van der Waals surface area contributed by atoms with Gasteiger partial charge in [0.2, 0.25) is 0 Å². The molecule has 0 bridgehead atoms. The number of hydrogen-bond acceptors (Lipinski definition) is 1. The van der Waals surface area contributed by atoms with Crippen LogP contribution in [0.2, 0.25) is 0 Å². The Morgan fingerprint density at radius 1 is 1.15 bits per heavy atom. The van der Waals surface area contributed by atoms with Crippen LogP contribution in [0.25, 0.3) is 0 Å². The van der Waals surface area contributed by atoms with Gasteiger partial charge in [-0.15, -0.1) is 0 Å². The Labute approximate surface area is 128 Å². The summed E-state index contributed by atoms with van der Waals surface area (Å²) in [6.07, 6.45) is 0.864. The van der Waals surface area contributed by atoms with Crippen molar-refractivity contribution in [1.29, 1.82) is 0 Å².